The highest BCUT2D eigenvalue weighted by molar-refractivity contribution is 7.47. The Balaban J connectivity index is 3.79. The molecule has 0 aromatic carbocycles. The summed E-state index contributed by atoms with van der Waals surface area (Å²) in [6.45, 7) is 3.78. The van der Waals surface area contributed by atoms with Gasteiger partial charge in [-0.25, -0.2) is 4.57 Å². The number of rotatable bonds is 59. The summed E-state index contributed by atoms with van der Waals surface area (Å²) >= 11 is 0. The molecule has 2 atom stereocenters. The van der Waals surface area contributed by atoms with Gasteiger partial charge in [0.05, 0.1) is 13.2 Å². The average Bonchev–Trinajstić information content (AvgIpc) is 3.36. The van der Waals surface area contributed by atoms with Crippen LogP contribution in [-0.4, -0.2) is 49.3 Å². The zero-order chi connectivity index (χ0) is 51.7. The van der Waals surface area contributed by atoms with Crippen LogP contribution >= 0.6 is 7.82 Å². The summed E-state index contributed by atoms with van der Waals surface area (Å²) in [6.07, 6.45) is 68.4. The van der Waals surface area contributed by atoms with Crippen molar-refractivity contribution in [2.45, 2.75) is 328 Å². The Morgan fingerprint density at radius 3 is 1.00 bits per heavy atom. The van der Waals surface area contributed by atoms with Crippen molar-refractivity contribution in [2.75, 3.05) is 26.4 Å². The van der Waals surface area contributed by atoms with E-state index in [0.29, 0.717) is 6.42 Å². The van der Waals surface area contributed by atoms with Gasteiger partial charge in [-0.3, -0.25) is 18.6 Å². The van der Waals surface area contributed by atoms with Crippen molar-refractivity contribution in [2.24, 2.45) is 5.73 Å². The van der Waals surface area contributed by atoms with Crippen LogP contribution < -0.4 is 5.73 Å². The van der Waals surface area contributed by atoms with E-state index in [0.717, 1.165) is 51.4 Å². The monoisotopic (exact) mass is 1020 g/mol. The lowest BCUT2D eigenvalue weighted by molar-refractivity contribution is -0.161. The van der Waals surface area contributed by atoms with Gasteiger partial charge in [0.15, 0.2) is 6.10 Å². The van der Waals surface area contributed by atoms with Crippen molar-refractivity contribution >= 4 is 19.8 Å². The summed E-state index contributed by atoms with van der Waals surface area (Å²) in [5.41, 5.74) is 5.38. The summed E-state index contributed by atoms with van der Waals surface area (Å²) in [7, 11) is -4.38. The molecule has 0 aliphatic heterocycles. The number of allylic oxidation sites excluding steroid dienone is 4. The third-order valence-corrected chi connectivity index (χ3v) is 14.8. The van der Waals surface area contributed by atoms with E-state index >= 15 is 0 Å². The minimum atomic E-state index is -4.38. The van der Waals surface area contributed by atoms with E-state index < -0.39 is 26.5 Å². The lowest BCUT2D eigenvalue weighted by atomic mass is 10.0. The highest BCUT2D eigenvalue weighted by atomic mass is 31.2. The maximum Gasteiger partial charge on any atom is 0.472 e. The Bertz CT molecular complexity index is 1210. The smallest absolute Gasteiger partial charge is 0.462 e. The second-order valence-corrected chi connectivity index (χ2v) is 22.4. The molecule has 0 rings (SSSR count). The molecule has 0 saturated carbocycles. The van der Waals surface area contributed by atoms with Crippen LogP contribution in [0.4, 0.5) is 0 Å². The zero-order valence-electron chi connectivity index (χ0n) is 47.0. The molecule has 0 aromatic rings. The standard InChI is InChI=1S/C61H118NO8P/c1-3-5-7-9-11-13-15-17-19-20-21-22-23-24-25-26-27-28-29-30-31-32-33-34-35-36-37-38-40-42-44-46-48-50-52-54-61(64)70-59(58-69-71(65,66)68-56-55-62)57-67-60(63)53-51-49-47-45-43-41-39-18-16-14-12-10-8-6-4-2/h18,20-21,39,59H,3-17,19,22-38,40-58,62H2,1-2H3,(H,65,66)/b21-20-,39-18-. The van der Waals surface area contributed by atoms with Crippen LogP contribution in [0, 0.1) is 0 Å². The van der Waals surface area contributed by atoms with E-state index in [4.69, 9.17) is 24.3 Å². The normalized spacial score (nSPS) is 13.1. The largest absolute Gasteiger partial charge is 0.472 e. The molecule has 0 aliphatic rings. The van der Waals surface area contributed by atoms with E-state index in [9.17, 15) is 19.0 Å². The van der Waals surface area contributed by atoms with Gasteiger partial charge in [-0.1, -0.05) is 269 Å². The van der Waals surface area contributed by atoms with Gasteiger partial charge in [-0.15, -0.1) is 0 Å². The van der Waals surface area contributed by atoms with Crippen molar-refractivity contribution < 1.29 is 37.6 Å². The summed E-state index contributed by atoms with van der Waals surface area (Å²) in [5.74, 6) is -0.821. The van der Waals surface area contributed by atoms with Crippen LogP contribution in [0.2, 0.25) is 0 Å². The number of ether oxygens (including phenoxy) is 2. The van der Waals surface area contributed by atoms with Gasteiger partial charge in [0.2, 0.25) is 0 Å². The first-order valence-electron chi connectivity index (χ1n) is 30.8. The summed E-state index contributed by atoms with van der Waals surface area (Å²) in [6, 6.07) is 0. The SMILES string of the molecule is CCCCCCCC/C=C\CCCCCCCC(=O)OCC(COP(=O)(O)OCCN)OC(=O)CCCCCCCCCCCCCCCCCCCCCCCCC/C=C\CCCCCCCCCC. The fourth-order valence-electron chi connectivity index (χ4n) is 9.22. The fraction of sp³-hybridized carbons (Fsp3) is 0.902. The number of phosphoric ester groups is 1. The molecule has 0 radical (unpaired) electrons. The second kappa shape index (κ2) is 57.8. The molecule has 2 unspecified atom stereocenters. The Hall–Kier alpha value is -1.51. The number of nitrogens with two attached hydrogens (primary N) is 1. The molecule has 0 bridgehead atoms. The number of esters is 2. The van der Waals surface area contributed by atoms with Crippen LogP contribution in [-0.2, 0) is 32.7 Å². The van der Waals surface area contributed by atoms with E-state index in [1.54, 1.807) is 0 Å². The maximum absolute atomic E-state index is 12.7. The third kappa shape index (κ3) is 57.6. The Morgan fingerprint density at radius 2 is 0.690 bits per heavy atom. The number of hydrogen-bond acceptors (Lipinski definition) is 8. The van der Waals surface area contributed by atoms with Crippen molar-refractivity contribution in [3.63, 3.8) is 0 Å². The molecular weight excluding hydrogens is 906 g/mol. The highest BCUT2D eigenvalue weighted by Gasteiger charge is 2.26. The molecule has 10 heteroatoms. The van der Waals surface area contributed by atoms with Crippen LogP contribution in [0.1, 0.15) is 322 Å². The quantitative estimate of drug-likeness (QED) is 0.0264. The molecule has 0 spiro atoms. The minimum Gasteiger partial charge on any atom is -0.462 e. The number of carbonyl (C=O) groups excluding carboxylic acids is 2. The Labute approximate surface area is 440 Å². The summed E-state index contributed by atoms with van der Waals surface area (Å²) in [5, 5.41) is 0. The fourth-order valence-corrected chi connectivity index (χ4v) is 9.98. The molecule has 420 valence electrons. The minimum absolute atomic E-state index is 0.0548. The van der Waals surface area contributed by atoms with E-state index in [1.165, 1.54) is 238 Å². The van der Waals surface area contributed by atoms with Gasteiger partial charge in [-0.05, 0) is 64.2 Å². The van der Waals surface area contributed by atoms with Gasteiger partial charge >= 0.3 is 19.8 Å². The van der Waals surface area contributed by atoms with Crippen LogP contribution in [0.15, 0.2) is 24.3 Å². The number of carbonyl (C=O) groups is 2. The lowest BCUT2D eigenvalue weighted by Crippen LogP contribution is -2.29. The molecule has 0 amide bonds. The topological polar surface area (TPSA) is 134 Å². The molecule has 0 aliphatic carbocycles. The molecule has 9 nitrogen and oxygen atoms in total. The first-order valence-corrected chi connectivity index (χ1v) is 32.3. The van der Waals surface area contributed by atoms with Gasteiger partial charge in [-0.2, -0.15) is 0 Å². The van der Waals surface area contributed by atoms with Crippen LogP contribution in [0.3, 0.4) is 0 Å². The van der Waals surface area contributed by atoms with Gasteiger partial charge in [0.1, 0.15) is 6.61 Å². The van der Waals surface area contributed by atoms with Crippen LogP contribution in [0.5, 0.6) is 0 Å². The van der Waals surface area contributed by atoms with Crippen molar-refractivity contribution in [3.8, 4) is 0 Å². The van der Waals surface area contributed by atoms with Crippen molar-refractivity contribution in [3.05, 3.63) is 24.3 Å². The van der Waals surface area contributed by atoms with E-state index in [2.05, 4.69) is 38.2 Å². The average molecular weight is 1020 g/mol. The first-order chi connectivity index (χ1) is 34.8. The zero-order valence-corrected chi connectivity index (χ0v) is 47.9. The van der Waals surface area contributed by atoms with E-state index in [1.807, 2.05) is 0 Å². The lowest BCUT2D eigenvalue weighted by Gasteiger charge is -2.19. The van der Waals surface area contributed by atoms with E-state index in [-0.39, 0.29) is 38.6 Å². The van der Waals surface area contributed by atoms with Gasteiger partial charge < -0.3 is 20.1 Å². The Kier molecular flexibility index (Phi) is 56.5. The number of hydrogen-bond donors (Lipinski definition) is 2. The molecule has 0 saturated heterocycles. The summed E-state index contributed by atoms with van der Waals surface area (Å²) in [4.78, 5) is 35.1. The Morgan fingerprint density at radius 1 is 0.408 bits per heavy atom. The van der Waals surface area contributed by atoms with Gasteiger partial charge in [0, 0.05) is 19.4 Å². The van der Waals surface area contributed by atoms with Crippen molar-refractivity contribution in [1.82, 2.24) is 0 Å². The number of phosphoric acid groups is 1. The predicted octanol–water partition coefficient (Wildman–Crippen LogP) is 19.4. The van der Waals surface area contributed by atoms with Crippen LogP contribution in [0.25, 0.3) is 0 Å². The molecule has 3 N–H and O–H groups in total. The molecule has 0 fully saturated rings. The molecule has 0 heterocycles. The molecule has 71 heavy (non-hydrogen) atoms. The maximum atomic E-state index is 12.7. The molecular formula is C61H118NO8P. The predicted molar refractivity (Wildman–Crippen MR) is 303 cm³/mol. The first kappa shape index (κ1) is 69.5. The second-order valence-electron chi connectivity index (χ2n) is 20.9. The summed E-state index contributed by atoms with van der Waals surface area (Å²) < 4.78 is 33.0. The highest BCUT2D eigenvalue weighted by Crippen LogP contribution is 2.43. The third-order valence-electron chi connectivity index (χ3n) is 13.8. The van der Waals surface area contributed by atoms with Crippen molar-refractivity contribution in [1.29, 1.82) is 0 Å². The molecule has 0 aromatic heterocycles. The number of unbranched alkanes of at least 4 members (excludes halogenated alkanes) is 42. The van der Waals surface area contributed by atoms with Gasteiger partial charge in [0.25, 0.3) is 0 Å².